The molecule has 4 aromatic rings. The van der Waals surface area contributed by atoms with Gasteiger partial charge >= 0.3 is 6.09 Å². The van der Waals surface area contributed by atoms with Gasteiger partial charge in [-0.2, -0.15) is 4.98 Å². The van der Waals surface area contributed by atoms with Crippen molar-refractivity contribution in [2.75, 3.05) is 64.8 Å². The molecule has 0 unspecified atom stereocenters. The molecule has 12 heteroatoms. The summed E-state index contributed by atoms with van der Waals surface area (Å²) in [7, 11) is 6.42. The Kier molecular flexibility index (Phi) is 12.5. The summed E-state index contributed by atoms with van der Waals surface area (Å²) in [5.41, 5.74) is 2.31. The Morgan fingerprint density at radius 2 is 1.60 bits per heavy atom. The van der Waals surface area contributed by atoms with E-state index in [9.17, 15) is 9.59 Å². The zero-order valence-corrected chi connectivity index (χ0v) is 27.7. The highest BCUT2D eigenvalue weighted by Gasteiger charge is 2.27. The van der Waals surface area contributed by atoms with Gasteiger partial charge in [-0.15, -0.1) is 0 Å². The lowest BCUT2D eigenvalue weighted by molar-refractivity contribution is 0.0779. The smallest absolute Gasteiger partial charge is 0.425 e. The Morgan fingerprint density at radius 1 is 0.851 bits per heavy atom. The monoisotopic (exact) mass is 642 g/mol. The van der Waals surface area contributed by atoms with Gasteiger partial charge in [0.2, 0.25) is 5.95 Å². The van der Waals surface area contributed by atoms with Crippen LogP contribution in [0.2, 0.25) is 0 Å². The highest BCUT2D eigenvalue weighted by atomic mass is 16.6. The zero-order chi connectivity index (χ0) is 33.8. The first-order chi connectivity index (χ1) is 22.8. The van der Waals surface area contributed by atoms with Gasteiger partial charge in [-0.3, -0.25) is 4.79 Å². The van der Waals surface area contributed by atoms with E-state index in [0.29, 0.717) is 46.3 Å². The number of hydrogen-bond donors (Lipinski definition) is 1. The maximum Gasteiger partial charge on any atom is 0.425 e. The molecule has 47 heavy (non-hydrogen) atoms. The van der Waals surface area contributed by atoms with Crippen molar-refractivity contribution >= 4 is 35.1 Å². The summed E-state index contributed by atoms with van der Waals surface area (Å²) in [5, 5.41) is 3.16. The summed E-state index contributed by atoms with van der Waals surface area (Å²) in [6.07, 6.45) is 0.803. The molecule has 0 saturated heterocycles. The van der Waals surface area contributed by atoms with Crippen molar-refractivity contribution in [2.24, 2.45) is 0 Å². The molecule has 0 aliphatic rings. The molecule has 248 valence electrons. The Bertz CT molecular complexity index is 1630. The molecule has 1 N–H and O–H groups in total. The van der Waals surface area contributed by atoms with Crippen LogP contribution in [0.15, 0.2) is 79.0 Å². The summed E-state index contributed by atoms with van der Waals surface area (Å²) >= 11 is 0. The average molecular weight is 643 g/mol. The summed E-state index contributed by atoms with van der Waals surface area (Å²) in [6.45, 7) is 7.81. The second kappa shape index (κ2) is 16.9. The first-order valence-electron chi connectivity index (χ1n) is 15.3. The van der Waals surface area contributed by atoms with Gasteiger partial charge in [0.15, 0.2) is 0 Å². The van der Waals surface area contributed by atoms with Gasteiger partial charge in [-0.25, -0.2) is 14.7 Å². The number of aromatic nitrogens is 2. The number of nitrogens with one attached hydrogen (secondary N) is 1. The lowest BCUT2D eigenvalue weighted by Crippen LogP contribution is -2.36. The van der Waals surface area contributed by atoms with Crippen LogP contribution in [-0.4, -0.2) is 86.3 Å². The zero-order valence-electron chi connectivity index (χ0n) is 27.7. The minimum absolute atomic E-state index is 0.0587. The number of carbonyl (C=O) groups excluding carboxylic acids is 2. The van der Waals surface area contributed by atoms with Crippen molar-refractivity contribution < 1.29 is 28.5 Å². The number of methoxy groups -OCH3 is 3. The summed E-state index contributed by atoms with van der Waals surface area (Å²) in [6, 6.07) is 20.9. The van der Waals surface area contributed by atoms with Crippen molar-refractivity contribution in [1.29, 1.82) is 0 Å². The van der Waals surface area contributed by atoms with Gasteiger partial charge in [0.1, 0.15) is 23.1 Å². The second-order valence-corrected chi connectivity index (χ2v) is 10.5. The lowest BCUT2D eigenvalue weighted by atomic mass is 10.2. The van der Waals surface area contributed by atoms with E-state index in [4.69, 9.17) is 18.9 Å². The molecule has 0 bridgehead atoms. The van der Waals surface area contributed by atoms with E-state index in [2.05, 4.69) is 34.0 Å². The van der Waals surface area contributed by atoms with Gasteiger partial charge in [0, 0.05) is 62.4 Å². The van der Waals surface area contributed by atoms with Gasteiger partial charge in [-0.05, 0) is 55.6 Å². The third kappa shape index (κ3) is 8.96. The van der Waals surface area contributed by atoms with E-state index >= 15 is 0 Å². The van der Waals surface area contributed by atoms with Crippen LogP contribution in [0.1, 0.15) is 29.8 Å². The quantitative estimate of drug-likeness (QED) is 0.162. The number of nitrogens with zero attached hydrogens (tertiary/aromatic N) is 5. The fourth-order valence-electron chi connectivity index (χ4n) is 4.82. The standard InChI is InChI=1S/C35H42N6O6/c1-7-40(8-2)22-21-39(3)33(42)25-13-15-27(16-14-25)37-34-36-20-19-32(38-34)41(29-18-17-28(45-5)23-31(29)46-6)35(43)47-30-12-10-9-11-26(30)24-44-4/h9-20,23H,7-8,21-22,24H2,1-6H3,(H,36,37,38). The average Bonchev–Trinajstić information content (AvgIpc) is 3.10. The number of benzene rings is 3. The lowest BCUT2D eigenvalue weighted by Gasteiger charge is -2.24. The summed E-state index contributed by atoms with van der Waals surface area (Å²) < 4.78 is 22.1. The first-order valence-corrected chi connectivity index (χ1v) is 15.3. The molecule has 4 rings (SSSR count). The topological polar surface area (TPSA) is 119 Å². The third-order valence-electron chi connectivity index (χ3n) is 7.53. The molecule has 2 amide bonds. The molecule has 0 atom stereocenters. The molecule has 0 aliphatic heterocycles. The van der Waals surface area contributed by atoms with Crippen LogP contribution in [0.5, 0.6) is 17.2 Å². The number of anilines is 4. The largest absolute Gasteiger partial charge is 0.497 e. The Morgan fingerprint density at radius 3 is 2.28 bits per heavy atom. The first kappa shape index (κ1) is 34.7. The molecule has 0 aliphatic carbocycles. The van der Waals surface area contributed by atoms with Crippen LogP contribution in [0.4, 0.5) is 27.9 Å². The molecule has 0 spiro atoms. The summed E-state index contributed by atoms with van der Waals surface area (Å²) in [5.74, 6) is 1.65. The molecule has 12 nitrogen and oxygen atoms in total. The molecule has 0 fully saturated rings. The second-order valence-electron chi connectivity index (χ2n) is 10.5. The highest BCUT2D eigenvalue weighted by Crippen LogP contribution is 2.37. The molecule has 0 saturated carbocycles. The van der Waals surface area contributed by atoms with E-state index in [0.717, 1.165) is 19.6 Å². The maximum absolute atomic E-state index is 13.9. The van der Waals surface area contributed by atoms with Gasteiger partial charge in [0.05, 0.1) is 26.5 Å². The predicted molar refractivity (Wildman–Crippen MR) is 181 cm³/mol. The fourth-order valence-corrected chi connectivity index (χ4v) is 4.82. The number of likely N-dealkylation sites (N-methyl/N-ethyl adjacent to an activating group) is 2. The normalized spacial score (nSPS) is 10.8. The Hall–Kier alpha value is -5.20. The molecule has 1 aromatic heterocycles. The molecular formula is C35H42N6O6. The predicted octanol–water partition coefficient (Wildman–Crippen LogP) is 6.13. The minimum atomic E-state index is -0.727. The number of rotatable bonds is 15. The maximum atomic E-state index is 13.9. The SMILES string of the molecule is CCN(CC)CCN(C)C(=O)c1ccc(Nc2nccc(N(C(=O)Oc3ccccc3COC)c3ccc(OC)cc3OC)n2)cc1. The van der Waals surface area contributed by atoms with E-state index in [1.54, 1.807) is 79.8 Å². The fraction of sp³-hybridized carbons (Fsp3) is 0.314. The number of carbonyl (C=O) groups is 2. The molecule has 0 radical (unpaired) electrons. The van der Waals surface area contributed by atoms with Crippen LogP contribution in [-0.2, 0) is 11.3 Å². The molecule has 1 heterocycles. The van der Waals surface area contributed by atoms with Crippen LogP contribution in [0.3, 0.4) is 0 Å². The number of para-hydroxylation sites is 1. The number of amides is 2. The molecular weight excluding hydrogens is 600 g/mol. The van der Waals surface area contributed by atoms with E-state index in [1.165, 1.54) is 18.2 Å². The molecule has 3 aromatic carbocycles. The highest BCUT2D eigenvalue weighted by molar-refractivity contribution is 5.98. The van der Waals surface area contributed by atoms with Crippen molar-refractivity contribution in [3.8, 4) is 17.2 Å². The number of hydrogen-bond acceptors (Lipinski definition) is 10. The van der Waals surface area contributed by atoms with Gasteiger partial charge < -0.3 is 34.1 Å². The van der Waals surface area contributed by atoms with Crippen molar-refractivity contribution in [2.45, 2.75) is 20.5 Å². The van der Waals surface area contributed by atoms with Crippen LogP contribution in [0.25, 0.3) is 0 Å². The van der Waals surface area contributed by atoms with Crippen molar-refractivity contribution in [3.63, 3.8) is 0 Å². The van der Waals surface area contributed by atoms with Crippen molar-refractivity contribution in [3.05, 3.63) is 90.1 Å². The Balaban J connectivity index is 1.59. The van der Waals surface area contributed by atoms with E-state index in [-0.39, 0.29) is 24.3 Å². The van der Waals surface area contributed by atoms with Gasteiger partial charge in [0.25, 0.3) is 5.91 Å². The minimum Gasteiger partial charge on any atom is -0.497 e. The van der Waals surface area contributed by atoms with E-state index < -0.39 is 6.09 Å². The van der Waals surface area contributed by atoms with Crippen LogP contribution >= 0.6 is 0 Å². The van der Waals surface area contributed by atoms with Crippen LogP contribution in [0, 0.1) is 0 Å². The summed E-state index contributed by atoms with van der Waals surface area (Å²) in [4.78, 5) is 41.2. The van der Waals surface area contributed by atoms with Crippen molar-refractivity contribution in [1.82, 2.24) is 19.8 Å². The third-order valence-corrected chi connectivity index (χ3v) is 7.53. The van der Waals surface area contributed by atoms with E-state index in [1.807, 2.05) is 19.2 Å². The van der Waals surface area contributed by atoms with Gasteiger partial charge in [-0.1, -0.05) is 32.0 Å². The Labute approximate surface area is 275 Å². The van der Waals surface area contributed by atoms with Crippen LogP contribution < -0.4 is 24.4 Å². The number of ether oxygens (including phenoxy) is 4.